The standard InChI is InChI=1S/C21H26N4O4/c1-24(9-6-16-12-22-23-13-16)19(26)14-25-15-21(7-10-28-11-8-21)29-18-5-3-2-4-17(18)20(25)27/h2-5,12-13H,6-11,14-15H2,1H3,(H,22,23). The number of amides is 2. The molecule has 154 valence electrons. The van der Waals surface area contributed by atoms with Gasteiger partial charge in [0.2, 0.25) is 5.91 Å². The van der Waals surface area contributed by atoms with E-state index in [1.165, 1.54) is 0 Å². The highest BCUT2D eigenvalue weighted by atomic mass is 16.5. The van der Waals surface area contributed by atoms with Crippen molar-refractivity contribution >= 4 is 11.8 Å². The second kappa shape index (κ2) is 8.24. The minimum Gasteiger partial charge on any atom is -0.484 e. The molecule has 0 aliphatic carbocycles. The Bertz CT molecular complexity index is 861. The molecule has 3 heterocycles. The number of likely N-dealkylation sites (N-methyl/N-ethyl adjacent to an activating group) is 1. The zero-order valence-corrected chi connectivity index (χ0v) is 16.6. The molecule has 0 bridgehead atoms. The third-order valence-corrected chi connectivity index (χ3v) is 5.66. The van der Waals surface area contributed by atoms with Crippen molar-refractivity contribution in [3.05, 3.63) is 47.8 Å². The Hall–Kier alpha value is -2.87. The van der Waals surface area contributed by atoms with Crippen LogP contribution in [-0.4, -0.2) is 77.3 Å². The van der Waals surface area contributed by atoms with Gasteiger partial charge >= 0.3 is 0 Å². The molecule has 2 amide bonds. The van der Waals surface area contributed by atoms with Crippen molar-refractivity contribution in [2.45, 2.75) is 24.9 Å². The molecule has 0 radical (unpaired) electrons. The van der Waals surface area contributed by atoms with Crippen molar-refractivity contribution in [1.82, 2.24) is 20.0 Å². The number of aromatic nitrogens is 2. The number of nitrogens with one attached hydrogen (secondary N) is 1. The summed E-state index contributed by atoms with van der Waals surface area (Å²) in [5, 5.41) is 6.70. The molecule has 2 aliphatic heterocycles. The molecule has 1 aromatic carbocycles. The molecule has 1 N–H and O–H groups in total. The second-order valence-electron chi connectivity index (χ2n) is 7.73. The Morgan fingerprint density at radius 1 is 1.31 bits per heavy atom. The number of hydrogen-bond donors (Lipinski definition) is 1. The van der Waals surface area contributed by atoms with Gasteiger partial charge in [-0.1, -0.05) is 12.1 Å². The molecule has 0 unspecified atom stereocenters. The number of rotatable bonds is 5. The SMILES string of the molecule is CN(CCc1cn[nH]c1)C(=O)CN1CC2(CCOCC2)Oc2ccccc2C1=O. The third kappa shape index (κ3) is 4.27. The molecule has 1 aromatic heterocycles. The maximum atomic E-state index is 13.2. The average molecular weight is 398 g/mol. The molecule has 0 saturated carbocycles. The number of ether oxygens (including phenoxy) is 2. The van der Waals surface area contributed by atoms with Crippen molar-refractivity contribution in [3.63, 3.8) is 0 Å². The largest absolute Gasteiger partial charge is 0.484 e. The number of fused-ring (bicyclic) bond motifs is 1. The molecule has 8 nitrogen and oxygen atoms in total. The van der Waals surface area contributed by atoms with Gasteiger partial charge in [0, 0.05) is 32.6 Å². The van der Waals surface area contributed by atoms with Gasteiger partial charge in [0.05, 0.1) is 31.5 Å². The fourth-order valence-corrected chi connectivity index (χ4v) is 3.84. The van der Waals surface area contributed by atoms with Crippen LogP contribution < -0.4 is 4.74 Å². The highest BCUT2D eigenvalue weighted by Gasteiger charge is 2.42. The molecule has 1 spiro atoms. The van der Waals surface area contributed by atoms with E-state index >= 15 is 0 Å². The van der Waals surface area contributed by atoms with E-state index in [0.29, 0.717) is 56.9 Å². The number of carbonyl (C=O) groups excluding carboxylic acids is 2. The lowest BCUT2D eigenvalue weighted by Gasteiger charge is -2.39. The predicted molar refractivity (Wildman–Crippen MR) is 106 cm³/mol. The number of carbonyl (C=O) groups is 2. The van der Waals surface area contributed by atoms with Crippen molar-refractivity contribution in [2.24, 2.45) is 0 Å². The summed E-state index contributed by atoms with van der Waals surface area (Å²) in [6.45, 7) is 2.14. The number of H-pyrrole nitrogens is 1. The van der Waals surface area contributed by atoms with Gasteiger partial charge in [0.25, 0.3) is 5.91 Å². The second-order valence-corrected chi connectivity index (χ2v) is 7.73. The maximum absolute atomic E-state index is 13.2. The zero-order valence-electron chi connectivity index (χ0n) is 16.6. The molecule has 4 rings (SSSR count). The Balaban J connectivity index is 1.50. The van der Waals surface area contributed by atoms with E-state index < -0.39 is 5.60 Å². The zero-order chi connectivity index (χ0) is 20.3. The first-order chi connectivity index (χ1) is 14.1. The van der Waals surface area contributed by atoms with E-state index in [1.807, 2.05) is 24.4 Å². The summed E-state index contributed by atoms with van der Waals surface area (Å²) in [7, 11) is 1.76. The molecule has 2 aliphatic rings. The summed E-state index contributed by atoms with van der Waals surface area (Å²) in [6.07, 6.45) is 5.66. The molecule has 29 heavy (non-hydrogen) atoms. The van der Waals surface area contributed by atoms with E-state index in [-0.39, 0.29) is 18.4 Å². The molecule has 2 aromatic rings. The molecular weight excluding hydrogens is 372 g/mol. The van der Waals surface area contributed by atoms with Gasteiger partial charge in [0.15, 0.2) is 0 Å². The van der Waals surface area contributed by atoms with E-state index in [4.69, 9.17) is 9.47 Å². The van der Waals surface area contributed by atoms with Crippen LogP contribution in [0.3, 0.4) is 0 Å². The van der Waals surface area contributed by atoms with Crippen molar-refractivity contribution < 1.29 is 19.1 Å². The normalized spacial score (nSPS) is 18.1. The van der Waals surface area contributed by atoms with E-state index in [9.17, 15) is 9.59 Å². The fourth-order valence-electron chi connectivity index (χ4n) is 3.84. The lowest BCUT2D eigenvalue weighted by molar-refractivity contribution is -0.131. The van der Waals surface area contributed by atoms with Gasteiger partial charge in [-0.05, 0) is 24.1 Å². The summed E-state index contributed by atoms with van der Waals surface area (Å²) in [4.78, 5) is 29.3. The number of aromatic amines is 1. The molecular formula is C21H26N4O4. The summed E-state index contributed by atoms with van der Waals surface area (Å²) in [6, 6.07) is 7.27. The van der Waals surface area contributed by atoms with Crippen LogP contribution in [0, 0.1) is 0 Å². The summed E-state index contributed by atoms with van der Waals surface area (Å²) >= 11 is 0. The van der Waals surface area contributed by atoms with Gasteiger partial charge in [-0.15, -0.1) is 0 Å². The lowest BCUT2D eigenvalue weighted by Crippen LogP contribution is -2.52. The predicted octanol–water partition coefficient (Wildman–Crippen LogP) is 1.49. The first kappa shape index (κ1) is 19.4. The highest BCUT2D eigenvalue weighted by molar-refractivity contribution is 5.99. The highest BCUT2D eigenvalue weighted by Crippen LogP contribution is 2.34. The van der Waals surface area contributed by atoms with E-state index in [1.54, 1.807) is 29.1 Å². The Morgan fingerprint density at radius 2 is 2.10 bits per heavy atom. The van der Waals surface area contributed by atoms with Gasteiger partial charge in [0.1, 0.15) is 17.9 Å². The summed E-state index contributed by atoms with van der Waals surface area (Å²) in [5.74, 6) is 0.326. The Morgan fingerprint density at radius 3 is 2.86 bits per heavy atom. The van der Waals surface area contributed by atoms with Crippen LogP contribution in [0.2, 0.25) is 0 Å². The number of nitrogens with zero attached hydrogens (tertiary/aromatic N) is 3. The lowest BCUT2D eigenvalue weighted by atomic mass is 9.93. The monoisotopic (exact) mass is 398 g/mol. The van der Waals surface area contributed by atoms with Crippen LogP contribution >= 0.6 is 0 Å². The number of hydrogen-bond acceptors (Lipinski definition) is 5. The van der Waals surface area contributed by atoms with Crippen molar-refractivity contribution in [1.29, 1.82) is 0 Å². The topological polar surface area (TPSA) is 87.8 Å². The molecule has 1 fully saturated rings. The number of benzene rings is 1. The van der Waals surface area contributed by atoms with Gasteiger partial charge < -0.3 is 19.3 Å². The molecule has 0 atom stereocenters. The van der Waals surface area contributed by atoms with E-state index in [0.717, 1.165) is 5.56 Å². The van der Waals surface area contributed by atoms with Crippen LogP contribution in [0.1, 0.15) is 28.8 Å². The average Bonchev–Trinajstić information content (AvgIpc) is 3.22. The fraction of sp³-hybridized carbons (Fsp3) is 0.476. The summed E-state index contributed by atoms with van der Waals surface area (Å²) < 4.78 is 11.9. The van der Waals surface area contributed by atoms with Crippen LogP contribution in [0.5, 0.6) is 5.75 Å². The minimum atomic E-state index is -0.518. The van der Waals surface area contributed by atoms with Crippen LogP contribution in [-0.2, 0) is 16.0 Å². The Labute approximate surface area is 169 Å². The van der Waals surface area contributed by atoms with Crippen LogP contribution in [0.25, 0.3) is 0 Å². The van der Waals surface area contributed by atoms with Gasteiger partial charge in [-0.2, -0.15) is 5.10 Å². The van der Waals surface area contributed by atoms with Gasteiger partial charge in [-0.25, -0.2) is 0 Å². The number of para-hydroxylation sites is 1. The molecule has 8 heteroatoms. The first-order valence-corrected chi connectivity index (χ1v) is 9.93. The third-order valence-electron chi connectivity index (χ3n) is 5.66. The van der Waals surface area contributed by atoms with Crippen LogP contribution in [0.4, 0.5) is 0 Å². The molecule has 1 saturated heterocycles. The van der Waals surface area contributed by atoms with Crippen molar-refractivity contribution in [2.75, 3.05) is 39.9 Å². The summed E-state index contributed by atoms with van der Waals surface area (Å²) in [5.41, 5.74) is 1.03. The van der Waals surface area contributed by atoms with E-state index in [2.05, 4.69) is 10.2 Å². The van der Waals surface area contributed by atoms with Gasteiger partial charge in [-0.3, -0.25) is 14.7 Å². The quantitative estimate of drug-likeness (QED) is 0.825. The van der Waals surface area contributed by atoms with Crippen LogP contribution in [0.15, 0.2) is 36.7 Å². The smallest absolute Gasteiger partial charge is 0.258 e. The first-order valence-electron chi connectivity index (χ1n) is 9.93. The maximum Gasteiger partial charge on any atom is 0.258 e. The Kier molecular flexibility index (Phi) is 5.53. The minimum absolute atomic E-state index is 0.0288. The van der Waals surface area contributed by atoms with Crippen molar-refractivity contribution in [3.8, 4) is 5.75 Å².